The van der Waals surface area contributed by atoms with E-state index in [4.69, 9.17) is 0 Å². The first-order valence-corrected chi connectivity index (χ1v) is 6.82. The predicted molar refractivity (Wildman–Crippen MR) is 70.3 cm³/mol. The monoisotopic (exact) mass is 282 g/mol. The van der Waals surface area contributed by atoms with Crippen LogP contribution in [0.4, 0.5) is 0 Å². The fraction of sp³-hybridized carbons (Fsp3) is 0.615. The quantitative estimate of drug-likeness (QED) is 0.787. The summed E-state index contributed by atoms with van der Waals surface area (Å²) < 4.78 is 1.01. The molecule has 1 aromatic rings. The Morgan fingerprint density at radius 1 is 1.56 bits per heavy atom. The summed E-state index contributed by atoms with van der Waals surface area (Å²) in [5.41, 5.74) is 1.35. The van der Waals surface area contributed by atoms with E-state index in [1.54, 1.807) is 0 Å². The van der Waals surface area contributed by atoms with E-state index in [-0.39, 0.29) is 0 Å². The molecule has 0 saturated carbocycles. The third-order valence-corrected chi connectivity index (χ3v) is 3.77. The Labute approximate surface area is 106 Å². The van der Waals surface area contributed by atoms with Crippen molar-refractivity contribution < 1.29 is 0 Å². The minimum Gasteiger partial charge on any atom is -0.296 e. The van der Waals surface area contributed by atoms with Gasteiger partial charge in [-0.3, -0.25) is 4.90 Å². The molecule has 0 spiro atoms. The van der Waals surface area contributed by atoms with Crippen molar-refractivity contribution >= 4 is 15.9 Å². The summed E-state index contributed by atoms with van der Waals surface area (Å²) in [4.78, 5) is 6.92. The first-order valence-electron chi connectivity index (χ1n) is 6.03. The highest BCUT2D eigenvalue weighted by Gasteiger charge is 2.27. The molecule has 1 fully saturated rings. The van der Waals surface area contributed by atoms with Gasteiger partial charge in [0, 0.05) is 24.3 Å². The summed E-state index contributed by atoms with van der Waals surface area (Å²) in [6, 6.07) is 4.79. The zero-order valence-electron chi connectivity index (χ0n) is 9.99. The molecule has 0 amide bonds. The molecule has 0 aliphatic carbocycles. The molecular formula is C13H19BrN2. The van der Waals surface area contributed by atoms with Crippen LogP contribution in [-0.2, 0) is 0 Å². The summed E-state index contributed by atoms with van der Waals surface area (Å²) in [7, 11) is 0. The highest BCUT2D eigenvalue weighted by molar-refractivity contribution is 9.10. The molecule has 1 saturated heterocycles. The van der Waals surface area contributed by atoms with Crippen molar-refractivity contribution in [2.45, 2.75) is 32.7 Å². The summed E-state index contributed by atoms with van der Waals surface area (Å²) in [5.74, 6) is 0.732. The van der Waals surface area contributed by atoms with Crippen LogP contribution >= 0.6 is 15.9 Å². The molecule has 1 unspecified atom stereocenters. The van der Waals surface area contributed by atoms with Crippen LogP contribution in [0.3, 0.4) is 0 Å². The lowest BCUT2D eigenvalue weighted by molar-refractivity contribution is 0.228. The van der Waals surface area contributed by atoms with Gasteiger partial charge in [-0.05, 0) is 47.3 Å². The average Bonchev–Trinajstić information content (AvgIpc) is 2.66. The molecule has 1 aliphatic heterocycles. The summed E-state index contributed by atoms with van der Waals surface area (Å²) >= 11 is 3.56. The molecule has 2 heterocycles. The molecule has 1 aliphatic rings. The Morgan fingerprint density at radius 3 is 3.06 bits per heavy atom. The van der Waals surface area contributed by atoms with Gasteiger partial charge in [-0.2, -0.15) is 0 Å². The molecule has 0 bridgehead atoms. The van der Waals surface area contributed by atoms with Crippen LogP contribution in [0, 0.1) is 5.92 Å². The molecule has 3 heteroatoms. The number of rotatable bonds is 3. The molecule has 2 nitrogen and oxygen atoms in total. The normalized spacial score (nSPS) is 21.9. The van der Waals surface area contributed by atoms with E-state index >= 15 is 0 Å². The third-order valence-electron chi connectivity index (χ3n) is 3.11. The maximum absolute atomic E-state index is 4.33. The second-order valence-electron chi connectivity index (χ2n) is 4.93. The molecule has 0 aromatic carbocycles. The average molecular weight is 283 g/mol. The molecule has 0 radical (unpaired) electrons. The summed E-state index contributed by atoms with van der Waals surface area (Å²) in [6.07, 6.45) is 4.41. The van der Waals surface area contributed by atoms with Crippen molar-refractivity contribution in [2.75, 3.05) is 13.1 Å². The standard InChI is InChI=1S/C13H19BrN2/c1-10(2)9-16-8-4-6-12(16)11-5-3-7-15-13(11)14/h3,5,7,10,12H,4,6,8-9H2,1-2H3. The smallest absolute Gasteiger partial charge is 0.110 e. The second kappa shape index (κ2) is 5.28. The summed E-state index contributed by atoms with van der Waals surface area (Å²) in [6.45, 7) is 6.98. The fourth-order valence-corrected chi connectivity index (χ4v) is 3.03. The zero-order chi connectivity index (χ0) is 11.5. The van der Waals surface area contributed by atoms with Crippen molar-refractivity contribution in [1.29, 1.82) is 0 Å². The number of hydrogen-bond acceptors (Lipinski definition) is 2. The van der Waals surface area contributed by atoms with Crippen molar-refractivity contribution in [3.8, 4) is 0 Å². The molecule has 16 heavy (non-hydrogen) atoms. The van der Waals surface area contributed by atoms with Crippen molar-refractivity contribution in [2.24, 2.45) is 5.92 Å². The van der Waals surface area contributed by atoms with E-state index in [0.29, 0.717) is 6.04 Å². The molecule has 1 aromatic heterocycles. The van der Waals surface area contributed by atoms with Crippen LogP contribution in [0.1, 0.15) is 38.3 Å². The lowest BCUT2D eigenvalue weighted by atomic mass is 10.1. The first kappa shape index (κ1) is 12.1. The van der Waals surface area contributed by atoms with Gasteiger partial charge in [-0.25, -0.2) is 4.98 Å². The van der Waals surface area contributed by atoms with Crippen LogP contribution in [0.2, 0.25) is 0 Å². The Bertz CT molecular complexity index is 352. The number of nitrogens with zero attached hydrogens (tertiary/aromatic N) is 2. The van der Waals surface area contributed by atoms with Crippen LogP contribution in [-0.4, -0.2) is 23.0 Å². The van der Waals surface area contributed by atoms with Gasteiger partial charge in [0.2, 0.25) is 0 Å². The molecule has 1 atom stereocenters. The fourth-order valence-electron chi connectivity index (χ4n) is 2.51. The van der Waals surface area contributed by atoms with E-state index in [2.05, 4.69) is 45.7 Å². The maximum Gasteiger partial charge on any atom is 0.110 e. The van der Waals surface area contributed by atoms with Crippen LogP contribution in [0.5, 0.6) is 0 Å². The van der Waals surface area contributed by atoms with Gasteiger partial charge in [0.25, 0.3) is 0 Å². The number of halogens is 1. The largest absolute Gasteiger partial charge is 0.296 e. The van der Waals surface area contributed by atoms with Gasteiger partial charge in [0.05, 0.1) is 0 Å². The third kappa shape index (κ3) is 2.64. The zero-order valence-corrected chi connectivity index (χ0v) is 11.6. The van der Waals surface area contributed by atoms with Crippen LogP contribution in [0.15, 0.2) is 22.9 Å². The van der Waals surface area contributed by atoms with Gasteiger partial charge in [0.15, 0.2) is 0 Å². The van der Waals surface area contributed by atoms with Crippen LogP contribution in [0.25, 0.3) is 0 Å². The Balaban J connectivity index is 2.17. The lowest BCUT2D eigenvalue weighted by Crippen LogP contribution is -2.27. The predicted octanol–water partition coefficient (Wildman–Crippen LogP) is 3.64. The number of hydrogen-bond donors (Lipinski definition) is 0. The van der Waals surface area contributed by atoms with Crippen molar-refractivity contribution in [1.82, 2.24) is 9.88 Å². The number of likely N-dealkylation sites (tertiary alicyclic amines) is 1. The van der Waals surface area contributed by atoms with Crippen molar-refractivity contribution in [3.63, 3.8) is 0 Å². The van der Waals surface area contributed by atoms with Crippen molar-refractivity contribution in [3.05, 3.63) is 28.5 Å². The van der Waals surface area contributed by atoms with Gasteiger partial charge >= 0.3 is 0 Å². The highest BCUT2D eigenvalue weighted by atomic mass is 79.9. The minimum absolute atomic E-state index is 0.561. The SMILES string of the molecule is CC(C)CN1CCCC1c1cccnc1Br. The van der Waals surface area contributed by atoms with Gasteiger partial charge in [-0.15, -0.1) is 0 Å². The van der Waals surface area contributed by atoms with E-state index < -0.39 is 0 Å². The first-order chi connectivity index (χ1) is 7.68. The Kier molecular flexibility index (Phi) is 3.98. The van der Waals surface area contributed by atoms with E-state index in [9.17, 15) is 0 Å². The number of aromatic nitrogens is 1. The highest BCUT2D eigenvalue weighted by Crippen LogP contribution is 2.35. The number of pyridine rings is 1. The summed E-state index contributed by atoms with van der Waals surface area (Å²) in [5, 5.41) is 0. The molecule has 0 N–H and O–H groups in total. The Hall–Kier alpha value is -0.410. The van der Waals surface area contributed by atoms with Gasteiger partial charge < -0.3 is 0 Å². The lowest BCUT2D eigenvalue weighted by Gasteiger charge is -2.26. The maximum atomic E-state index is 4.33. The van der Waals surface area contributed by atoms with E-state index in [0.717, 1.165) is 10.5 Å². The van der Waals surface area contributed by atoms with Gasteiger partial charge in [0.1, 0.15) is 4.60 Å². The molecule has 2 rings (SSSR count). The van der Waals surface area contributed by atoms with E-state index in [1.807, 2.05) is 12.3 Å². The van der Waals surface area contributed by atoms with E-state index in [1.165, 1.54) is 31.5 Å². The Morgan fingerprint density at radius 2 is 2.38 bits per heavy atom. The second-order valence-corrected chi connectivity index (χ2v) is 5.68. The minimum atomic E-state index is 0.561. The van der Waals surface area contributed by atoms with Gasteiger partial charge in [-0.1, -0.05) is 19.9 Å². The van der Waals surface area contributed by atoms with Crippen LogP contribution < -0.4 is 0 Å². The topological polar surface area (TPSA) is 16.1 Å². The molecular weight excluding hydrogens is 264 g/mol. The molecule has 88 valence electrons.